The predicted molar refractivity (Wildman–Crippen MR) is 142 cm³/mol. The number of rotatable bonds is 9. The van der Waals surface area contributed by atoms with Crippen LogP contribution in [0, 0.1) is 5.92 Å². The number of halogens is 4. The predicted octanol–water partition coefficient (Wildman–Crippen LogP) is 4.43. The first-order valence-corrected chi connectivity index (χ1v) is 13.3. The lowest BCUT2D eigenvalue weighted by Crippen LogP contribution is -2.49. The molecule has 1 atom stereocenters. The largest absolute Gasteiger partial charge is 0.416 e. The van der Waals surface area contributed by atoms with Gasteiger partial charge in [-0.2, -0.15) is 18.3 Å². The first-order valence-electron chi connectivity index (χ1n) is 13.0. The average molecular weight is 579 g/mol. The number of morpholine rings is 1. The van der Waals surface area contributed by atoms with Gasteiger partial charge < -0.3 is 15.0 Å². The molecular weight excluding hydrogens is 549 g/mol. The Labute approximate surface area is 235 Å². The summed E-state index contributed by atoms with van der Waals surface area (Å²) in [6.45, 7) is 2.20. The molecule has 0 bridgehead atoms. The molecule has 8 nitrogen and oxygen atoms in total. The number of nitrogens with one attached hydrogen (secondary N) is 1. The highest BCUT2D eigenvalue weighted by Crippen LogP contribution is 2.33. The van der Waals surface area contributed by atoms with Crippen molar-refractivity contribution in [3.63, 3.8) is 0 Å². The Morgan fingerprint density at radius 2 is 1.80 bits per heavy atom. The lowest BCUT2D eigenvalue weighted by molar-refractivity contribution is -0.142. The molecule has 214 valence electrons. The number of benzene rings is 2. The number of carbonyl (C=O) groups is 3. The maximum Gasteiger partial charge on any atom is 0.416 e. The fourth-order valence-electron chi connectivity index (χ4n) is 4.27. The fraction of sp³-hybridized carbons (Fsp3) is 0.429. The normalized spacial score (nSPS) is 16.8. The molecule has 4 rings (SSSR count). The maximum absolute atomic E-state index is 13.4. The molecule has 1 N–H and O–H groups in total. The summed E-state index contributed by atoms with van der Waals surface area (Å²) in [5, 5.41) is 8.55. The van der Waals surface area contributed by atoms with Gasteiger partial charge in [0, 0.05) is 24.5 Å². The summed E-state index contributed by atoms with van der Waals surface area (Å²) in [5.74, 6) is -1.43. The third kappa shape index (κ3) is 8.04. The maximum atomic E-state index is 13.4. The Balaban J connectivity index is 1.58. The van der Waals surface area contributed by atoms with Crippen molar-refractivity contribution in [3.8, 4) is 0 Å². The van der Waals surface area contributed by atoms with Crippen LogP contribution in [0.1, 0.15) is 48.9 Å². The number of carbonyl (C=O) groups excluding carboxylic acids is 3. The molecule has 2 aromatic carbocycles. The highest BCUT2D eigenvalue weighted by Gasteiger charge is 2.34. The first-order chi connectivity index (χ1) is 19.0. The molecule has 0 radical (unpaired) electrons. The summed E-state index contributed by atoms with van der Waals surface area (Å²) in [4.78, 5) is 41.2. The van der Waals surface area contributed by atoms with Gasteiger partial charge in [-0.25, -0.2) is 5.01 Å². The third-order valence-corrected chi connectivity index (χ3v) is 6.95. The number of ether oxygens (including phenoxy) is 1. The minimum absolute atomic E-state index is 0.0173. The zero-order valence-corrected chi connectivity index (χ0v) is 22.7. The van der Waals surface area contributed by atoms with E-state index in [-0.39, 0.29) is 50.1 Å². The van der Waals surface area contributed by atoms with Crippen LogP contribution in [0.2, 0.25) is 5.02 Å². The van der Waals surface area contributed by atoms with Crippen molar-refractivity contribution < 1.29 is 32.3 Å². The quantitative estimate of drug-likeness (QED) is 0.352. The summed E-state index contributed by atoms with van der Waals surface area (Å²) in [7, 11) is 0. The Kier molecular flexibility index (Phi) is 9.47. The van der Waals surface area contributed by atoms with Crippen LogP contribution in [-0.4, -0.2) is 66.2 Å². The molecule has 40 heavy (non-hydrogen) atoms. The highest BCUT2D eigenvalue weighted by atomic mass is 35.5. The Bertz CT molecular complexity index is 1260. The van der Waals surface area contributed by atoms with Gasteiger partial charge in [0.15, 0.2) is 0 Å². The lowest BCUT2D eigenvalue weighted by atomic mass is 10.0. The van der Waals surface area contributed by atoms with Gasteiger partial charge in [-0.3, -0.25) is 14.4 Å². The van der Waals surface area contributed by atoms with Crippen molar-refractivity contribution >= 4 is 35.0 Å². The van der Waals surface area contributed by atoms with Crippen LogP contribution >= 0.6 is 11.6 Å². The lowest BCUT2D eigenvalue weighted by Gasteiger charge is -2.31. The van der Waals surface area contributed by atoms with Gasteiger partial charge in [0.1, 0.15) is 12.6 Å². The summed E-state index contributed by atoms with van der Waals surface area (Å²) >= 11 is 5.96. The van der Waals surface area contributed by atoms with Crippen LogP contribution in [0.3, 0.4) is 0 Å². The number of amides is 3. The molecule has 1 aliphatic heterocycles. The number of alkyl halides is 3. The van der Waals surface area contributed by atoms with E-state index in [1.165, 1.54) is 17.0 Å². The summed E-state index contributed by atoms with van der Waals surface area (Å²) < 4.78 is 45.6. The van der Waals surface area contributed by atoms with E-state index in [0.29, 0.717) is 16.3 Å². The van der Waals surface area contributed by atoms with Crippen molar-refractivity contribution in [3.05, 3.63) is 70.2 Å². The van der Waals surface area contributed by atoms with E-state index in [0.717, 1.165) is 30.0 Å². The molecular formula is C28H30ClF3N4O4. The topological polar surface area (TPSA) is 91.3 Å². The van der Waals surface area contributed by atoms with Crippen molar-refractivity contribution in [1.82, 2.24) is 15.2 Å². The van der Waals surface area contributed by atoms with Crippen molar-refractivity contribution in [2.45, 2.75) is 38.4 Å². The summed E-state index contributed by atoms with van der Waals surface area (Å²) in [6.07, 6.45) is -2.59. The van der Waals surface area contributed by atoms with E-state index in [2.05, 4.69) is 10.4 Å². The molecule has 1 saturated carbocycles. The monoisotopic (exact) mass is 578 g/mol. The molecule has 2 fully saturated rings. The van der Waals surface area contributed by atoms with Crippen LogP contribution in [0.4, 0.5) is 13.2 Å². The van der Waals surface area contributed by atoms with Gasteiger partial charge in [-0.05, 0) is 61.1 Å². The molecule has 3 amide bonds. The minimum atomic E-state index is -4.63. The molecule has 1 saturated heterocycles. The van der Waals surface area contributed by atoms with Crippen LogP contribution in [0.15, 0.2) is 53.6 Å². The molecule has 1 heterocycles. The number of hydrazone groups is 1. The average Bonchev–Trinajstić information content (AvgIpc) is 3.75. The smallest absolute Gasteiger partial charge is 0.378 e. The van der Waals surface area contributed by atoms with E-state index >= 15 is 0 Å². The minimum Gasteiger partial charge on any atom is -0.378 e. The molecule has 12 heteroatoms. The van der Waals surface area contributed by atoms with Crippen LogP contribution < -0.4 is 5.32 Å². The van der Waals surface area contributed by atoms with Gasteiger partial charge >= 0.3 is 6.18 Å². The highest BCUT2D eigenvalue weighted by molar-refractivity contribution is 6.30. The van der Waals surface area contributed by atoms with Crippen LogP contribution in [0.25, 0.3) is 0 Å². The number of hydrogen-bond acceptors (Lipinski definition) is 5. The molecule has 1 aliphatic carbocycles. The van der Waals surface area contributed by atoms with E-state index in [1.54, 1.807) is 31.2 Å². The Morgan fingerprint density at radius 3 is 2.42 bits per heavy atom. The van der Waals surface area contributed by atoms with Gasteiger partial charge in [0.25, 0.3) is 0 Å². The third-order valence-electron chi connectivity index (χ3n) is 6.70. The van der Waals surface area contributed by atoms with Crippen LogP contribution in [-0.2, 0) is 25.3 Å². The standard InChI is InChI=1S/C28H30ClF3N4O4/c1-18(20-7-9-23(29)10-8-20)34-36(25(38)15-19-5-6-19)17-24(37)33-26(27(39)35-11-13-40-14-12-35)21-3-2-4-22(16-21)28(30,31)32/h2-4,7-10,16,19,26H,5-6,11-15,17H2,1H3,(H,33,37)/b34-18+. The molecule has 0 spiro atoms. The zero-order chi connectivity index (χ0) is 28.9. The molecule has 1 unspecified atom stereocenters. The van der Waals surface area contributed by atoms with E-state index in [9.17, 15) is 27.6 Å². The van der Waals surface area contributed by atoms with Gasteiger partial charge in [-0.15, -0.1) is 0 Å². The van der Waals surface area contributed by atoms with Gasteiger partial charge in [-0.1, -0.05) is 35.9 Å². The second-order valence-corrected chi connectivity index (χ2v) is 10.3. The zero-order valence-electron chi connectivity index (χ0n) is 21.9. The summed E-state index contributed by atoms with van der Waals surface area (Å²) in [5.41, 5.74) is 0.200. The van der Waals surface area contributed by atoms with E-state index < -0.39 is 36.1 Å². The SMILES string of the molecule is C/C(=N\N(CC(=O)NC(C(=O)N1CCOCC1)c1cccc(C(F)(F)F)c1)C(=O)CC1CC1)c1ccc(Cl)cc1. The van der Waals surface area contributed by atoms with Gasteiger partial charge in [0.05, 0.1) is 24.5 Å². The molecule has 0 aromatic heterocycles. The van der Waals surface area contributed by atoms with E-state index in [1.807, 2.05) is 0 Å². The molecule has 2 aromatic rings. The Hall–Kier alpha value is -3.44. The first kappa shape index (κ1) is 29.5. The van der Waals surface area contributed by atoms with Crippen LogP contribution in [0.5, 0.6) is 0 Å². The van der Waals surface area contributed by atoms with Gasteiger partial charge in [0.2, 0.25) is 17.7 Å². The van der Waals surface area contributed by atoms with E-state index in [4.69, 9.17) is 16.3 Å². The molecule has 2 aliphatic rings. The number of hydrogen-bond donors (Lipinski definition) is 1. The summed E-state index contributed by atoms with van der Waals surface area (Å²) in [6, 6.07) is 9.72. The fourth-order valence-corrected chi connectivity index (χ4v) is 4.40. The van der Waals surface area contributed by atoms with Crippen molar-refractivity contribution in [2.75, 3.05) is 32.8 Å². The second-order valence-electron chi connectivity index (χ2n) is 9.85. The number of nitrogens with zero attached hydrogens (tertiary/aromatic N) is 3. The second kappa shape index (κ2) is 12.8. The Morgan fingerprint density at radius 1 is 1.12 bits per heavy atom. The van der Waals surface area contributed by atoms with Crippen molar-refractivity contribution in [1.29, 1.82) is 0 Å². The van der Waals surface area contributed by atoms with Crippen molar-refractivity contribution in [2.24, 2.45) is 11.0 Å².